The second-order valence-corrected chi connectivity index (χ2v) is 5.77. The molecule has 22 heavy (non-hydrogen) atoms. The third-order valence-electron chi connectivity index (χ3n) is 3.68. The molecule has 0 atom stereocenters. The topological polar surface area (TPSA) is 0 Å². The number of hydrogen-bond donors (Lipinski definition) is 0. The van der Waals surface area contributed by atoms with Crippen LogP contribution in [0.2, 0.25) is 0 Å². The molecule has 0 fully saturated rings. The molecule has 0 heteroatoms. The molecular formula is C22H30. The van der Waals surface area contributed by atoms with Gasteiger partial charge in [0.15, 0.2) is 0 Å². The molecule has 0 saturated carbocycles. The van der Waals surface area contributed by atoms with Gasteiger partial charge in [0.25, 0.3) is 0 Å². The number of rotatable bonds is 8. The molecule has 1 aromatic rings. The monoisotopic (exact) mass is 294 g/mol. The molecule has 0 spiro atoms. The summed E-state index contributed by atoms with van der Waals surface area (Å²) in [5.41, 5.74) is 2.16. The minimum absolute atomic E-state index is 0.999. The van der Waals surface area contributed by atoms with Crippen LogP contribution in [0.5, 0.6) is 0 Å². The van der Waals surface area contributed by atoms with E-state index in [1.807, 2.05) is 12.1 Å². The molecule has 0 nitrogen and oxygen atoms in total. The summed E-state index contributed by atoms with van der Waals surface area (Å²) < 4.78 is 0. The summed E-state index contributed by atoms with van der Waals surface area (Å²) in [6.45, 7) is 4.48. The van der Waals surface area contributed by atoms with Crippen LogP contribution in [-0.2, 0) is 0 Å². The maximum Gasteiger partial charge on any atom is 0.0401 e. The highest BCUT2D eigenvalue weighted by Gasteiger charge is 1.94. The van der Waals surface area contributed by atoms with Crippen molar-refractivity contribution in [3.8, 4) is 23.7 Å². The Morgan fingerprint density at radius 3 is 1.50 bits per heavy atom. The fourth-order valence-electron chi connectivity index (χ4n) is 2.30. The summed E-state index contributed by atoms with van der Waals surface area (Å²) in [5, 5.41) is 0. The lowest BCUT2D eigenvalue weighted by molar-refractivity contribution is 0.679. The van der Waals surface area contributed by atoms with Crippen LogP contribution in [0.1, 0.15) is 89.2 Å². The number of unbranched alkanes of at least 4 members (excludes halogenated alkanes) is 8. The van der Waals surface area contributed by atoms with Gasteiger partial charge in [-0.2, -0.15) is 0 Å². The molecular weight excluding hydrogens is 264 g/mol. The van der Waals surface area contributed by atoms with Crippen molar-refractivity contribution in [3.05, 3.63) is 35.4 Å². The molecule has 0 amide bonds. The highest BCUT2D eigenvalue weighted by molar-refractivity contribution is 5.49. The largest absolute Gasteiger partial charge is 0.0978 e. The summed E-state index contributed by atoms with van der Waals surface area (Å²) in [6.07, 6.45) is 12.2. The van der Waals surface area contributed by atoms with Crippen LogP contribution in [0.3, 0.4) is 0 Å². The first-order valence-electron chi connectivity index (χ1n) is 8.95. The molecule has 0 heterocycles. The van der Waals surface area contributed by atoms with Crippen molar-refractivity contribution in [1.82, 2.24) is 0 Å². The quantitative estimate of drug-likeness (QED) is 0.388. The van der Waals surface area contributed by atoms with Gasteiger partial charge in [-0.25, -0.2) is 0 Å². The second kappa shape index (κ2) is 13.0. The van der Waals surface area contributed by atoms with Gasteiger partial charge in [0, 0.05) is 24.0 Å². The van der Waals surface area contributed by atoms with Crippen LogP contribution in [-0.4, -0.2) is 0 Å². The fourth-order valence-corrected chi connectivity index (χ4v) is 2.30. The van der Waals surface area contributed by atoms with E-state index < -0.39 is 0 Å². The molecule has 0 unspecified atom stereocenters. The van der Waals surface area contributed by atoms with Crippen molar-refractivity contribution in [2.75, 3.05) is 0 Å². The molecule has 0 aliphatic carbocycles. The minimum atomic E-state index is 0.999. The van der Waals surface area contributed by atoms with Crippen molar-refractivity contribution >= 4 is 0 Å². The Hall–Kier alpha value is -1.66. The van der Waals surface area contributed by atoms with Gasteiger partial charge in [0.05, 0.1) is 0 Å². The van der Waals surface area contributed by atoms with Crippen LogP contribution in [0.15, 0.2) is 24.3 Å². The van der Waals surface area contributed by atoms with Crippen LogP contribution in [0, 0.1) is 23.7 Å². The third-order valence-corrected chi connectivity index (χ3v) is 3.68. The van der Waals surface area contributed by atoms with Crippen molar-refractivity contribution < 1.29 is 0 Å². The van der Waals surface area contributed by atoms with E-state index >= 15 is 0 Å². The molecule has 1 aromatic carbocycles. The highest BCUT2D eigenvalue weighted by atomic mass is 14.0. The van der Waals surface area contributed by atoms with Crippen molar-refractivity contribution in [1.29, 1.82) is 0 Å². The first kappa shape index (κ1) is 18.4. The SMILES string of the molecule is CCCCCCC#Cc1ccccc1C#CCCCCCC. The summed E-state index contributed by atoms with van der Waals surface area (Å²) in [6, 6.07) is 8.27. The zero-order chi connectivity index (χ0) is 15.9. The van der Waals surface area contributed by atoms with Gasteiger partial charge >= 0.3 is 0 Å². The lowest BCUT2D eigenvalue weighted by Crippen LogP contribution is -1.83. The molecule has 1 rings (SSSR count). The minimum Gasteiger partial charge on any atom is -0.0978 e. The maximum atomic E-state index is 3.30. The average molecular weight is 294 g/mol. The van der Waals surface area contributed by atoms with Crippen LogP contribution >= 0.6 is 0 Å². The Balaban J connectivity index is 2.48. The molecule has 0 aliphatic rings. The van der Waals surface area contributed by atoms with E-state index in [1.54, 1.807) is 0 Å². The number of benzene rings is 1. The summed E-state index contributed by atoms with van der Waals surface area (Å²) in [4.78, 5) is 0. The van der Waals surface area contributed by atoms with Gasteiger partial charge in [0.2, 0.25) is 0 Å². The van der Waals surface area contributed by atoms with Gasteiger partial charge in [0.1, 0.15) is 0 Å². The molecule has 0 aromatic heterocycles. The van der Waals surface area contributed by atoms with Crippen LogP contribution in [0.25, 0.3) is 0 Å². The summed E-state index contributed by atoms with van der Waals surface area (Å²) >= 11 is 0. The Morgan fingerprint density at radius 1 is 0.636 bits per heavy atom. The lowest BCUT2D eigenvalue weighted by Gasteiger charge is -1.96. The van der Waals surface area contributed by atoms with Crippen molar-refractivity contribution in [2.45, 2.75) is 78.1 Å². The van der Waals surface area contributed by atoms with E-state index in [4.69, 9.17) is 0 Å². The van der Waals surface area contributed by atoms with E-state index in [0.717, 1.165) is 24.0 Å². The summed E-state index contributed by atoms with van der Waals surface area (Å²) in [7, 11) is 0. The van der Waals surface area contributed by atoms with E-state index in [9.17, 15) is 0 Å². The first-order valence-corrected chi connectivity index (χ1v) is 8.95. The van der Waals surface area contributed by atoms with Gasteiger partial charge < -0.3 is 0 Å². The molecule has 118 valence electrons. The van der Waals surface area contributed by atoms with Crippen molar-refractivity contribution in [2.24, 2.45) is 0 Å². The normalized spacial score (nSPS) is 9.55. The Labute approximate surface area is 137 Å². The fraction of sp³-hybridized carbons (Fsp3) is 0.545. The third kappa shape index (κ3) is 8.59. The standard InChI is InChI=1S/C22H30/c1-3-5-7-9-11-13-17-21-19-15-16-20-22(21)18-14-12-10-8-6-4-2/h15-16,19-20H,3-12H2,1-2H3. The molecule has 0 bridgehead atoms. The lowest BCUT2D eigenvalue weighted by atomic mass is 10.1. The first-order chi connectivity index (χ1) is 10.9. The molecule has 0 N–H and O–H groups in total. The summed E-state index contributed by atoms with van der Waals surface area (Å²) in [5.74, 6) is 13.2. The Kier molecular flexibility index (Phi) is 10.9. The van der Waals surface area contributed by atoms with Crippen LogP contribution in [0.4, 0.5) is 0 Å². The van der Waals surface area contributed by atoms with E-state index in [2.05, 4.69) is 49.7 Å². The molecule has 0 radical (unpaired) electrons. The Bertz CT molecular complexity index is 467. The second-order valence-electron chi connectivity index (χ2n) is 5.77. The predicted octanol–water partition coefficient (Wildman–Crippen LogP) is 6.33. The number of hydrogen-bond acceptors (Lipinski definition) is 0. The Morgan fingerprint density at radius 2 is 1.09 bits per heavy atom. The van der Waals surface area contributed by atoms with E-state index in [0.29, 0.717) is 0 Å². The maximum absolute atomic E-state index is 3.30. The van der Waals surface area contributed by atoms with Gasteiger partial charge in [-0.05, 0) is 25.0 Å². The zero-order valence-electron chi connectivity index (χ0n) is 14.4. The van der Waals surface area contributed by atoms with Crippen LogP contribution < -0.4 is 0 Å². The van der Waals surface area contributed by atoms with E-state index in [1.165, 1.54) is 51.4 Å². The van der Waals surface area contributed by atoms with Crippen molar-refractivity contribution in [3.63, 3.8) is 0 Å². The zero-order valence-corrected chi connectivity index (χ0v) is 14.4. The molecule has 0 saturated heterocycles. The van der Waals surface area contributed by atoms with Gasteiger partial charge in [-0.1, -0.05) is 88.2 Å². The average Bonchev–Trinajstić information content (AvgIpc) is 2.55. The predicted molar refractivity (Wildman–Crippen MR) is 97.7 cm³/mol. The van der Waals surface area contributed by atoms with Gasteiger partial charge in [-0.15, -0.1) is 0 Å². The molecule has 0 aliphatic heterocycles. The smallest absolute Gasteiger partial charge is 0.0401 e. The highest BCUT2D eigenvalue weighted by Crippen LogP contribution is 2.07. The van der Waals surface area contributed by atoms with E-state index in [-0.39, 0.29) is 0 Å². The van der Waals surface area contributed by atoms with Gasteiger partial charge in [-0.3, -0.25) is 0 Å².